The van der Waals surface area contributed by atoms with E-state index in [4.69, 9.17) is 11.6 Å². The SMILES string of the molecule is CCS(=O)(=O)N1CC=C(CCl)CC1. The van der Waals surface area contributed by atoms with E-state index in [1.54, 1.807) is 6.92 Å². The smallest absolute Gasteiger partial charge is 0.212 e. The third kappa shape index (κ3) is 2.69. The van der Waals surface area contributed by atoms with E-state index in [-0.39, 0.29) is 5.75 Å². The van der Waals surface area contributed by atoms with Crippen LogP contribution in [0.4, 0.5) is 0 Å². The first-order chi connectivity index (χ1) is 6.10. The van der Waals surface area contributed by atoms with Gasteiger partial charge in [-0.05, 0) is 13.3 Å². The fourth-order valence-corrected chi connectivity index (χ4v) is 2.53. The van der Waals surface area contributed by atoms with Crippen LogP contribution in [0.2, 0.25) is 0 Å². The minimum atomic E-state index is -3.01. The van der Waals surface area contributed by atoms with Gasteiger partial charge in [-0.3, -0.25) is 0 Å². The molecule has 3 nitrogen and oxygen atoms in total. The van der Waals surface area contributed by atoms with Gasteiger partial charge in [0.1, 0.15) is 0 Å². The van der Waals surface area contributed by atoms with E-state index in [1.807, 2.05) is 6.08 Å². The number of hydrogen-bond acceptors (Lipinski definition) is 2. The van der Waals surface area contributed by atoms with Crippen molar-refractivity contribution in [3.05, 3.63) is 11.6 Å². The minimum Gasteiger partial charge on any atom is -0.212 e. The Bertz CT molecular complexity index is 297. The van der Waals surface area contributed by atoms with Crippen LogP contribution in [0.15, 0.2) is 11.6 Å². The van der Waals surface area contributed by atoms with Gasteiger partial charge in [0.05, 0.1) is 5.75 Å². The number of hydrogen-bond donors (Lipinski definition) is 0. The second-order valence-electron chi connectivity index (χ2n) is 3.00. The van der Waals surface area contributed by atoms with Crippen molar-refractivity contribution in [2.75, 3.05) is 24.7 Å². The molecule has 1 aliphatic rings. The highest BCUT2D eigenvalue weighted by Crippen LogP contribution is 2.14. The van der Waals surface area contributed by atoms with Gasteiger partial charge >= 0.3 is 0 Å². The van der Waals surface area contributed by atoms with E-state index in [9.17, 15) is 8.42 Å². The van der Waals surface area contributed by atoms with Crippen molar-refractivity contribution in [2.24, 2.45) is 0 Å². The lowest BCUT2D eigenvalue weighted by Gasteiger charge is -2.24. The maximum atomic E-state index is 11.4. The van der Waals surface area contributed by atoms with Gasteiger partial charge in [0.25, 0.3) is 0 Å². The number of sulfonamides is 1. The normalized spacial score (nSPS) is 20.0. The summed E-state index contributed by atoms with van der Waals surface area (Å²) in [5, 5.41) is 0. The first-order valence-corrected chi connectivity index (χ1v) is 6.46. The van der Waals surface area contributed by atoms with Crippen LogP contribution in [-0.4, -0.2) is 37.4 Å². The summed E-state index contributed by atoms with van der Waals surface area (Å²) < 4.78 is 24.3. The average molecular weight is 224 g/mol. The quantitative estimate of drug-likeness (QED) is 0.533. The number of rotatable bonds is 3. The fraction of sp³-hybridized carbons (Fsp3) is 0.750. The van der Waals surface area contributed by atoms with E-state index >= 15 is 0 Å². The number of alkyl halides is 1. The summed E-state index contributed by atoms with van der Waals surface area (Å²) in [4.78, 5) is 0. The number of nitrogens with zero attached hydrogens (tertiary/aromatic N) is 1. The molecule has 0 saturated heterocycles. The molecule has 0 aromatic rings. The third-order valence-corrected chi connectivity index (χ3v) is 4.39. The molecule has 0 amide bonds. The van der Waals surface area contributed by atoms with Crippen molar-refractivity contribution in [1.82, 2.24) is 4.31 Å². The molecule has 0 atom stereocenters. The lowest BCUT2D eigenvalue weighted by molar-refractivity contribution is 0.432. The molecule has 1 heterocycles. The first kappa shape index (κ1) is 11.0. The molecule has 0 unspecified atom stereocenters. The van der Waals surface area contributed by atoms with Crippen LogP contribution >= 0.6 is 11.6 Å². The van der Waals surface area contributed by atoms with E-state index in [0.717, 1.165) is 12.0 Å². The highest BCUT2D eigenvalue weighted by molar-refractivity contribution is 7.89. The lowest BCUT2D eigenvalue weighted by atomic mass is 10.1. The van der Waals surface area contributed by atoms with Crippen LogP contribution in [0.1, 0.15) is 13.3 Å². The summed E-state index contributed by atoms with van der Waals surface area (Å²) in [6, 6.07) is 0. The maximum absolute atomic E-state index is 11.4. The highest BCUT2D eigenvalue weighted by Gasteiger charge is 2.21. The van der Waals surface area contributed by atoms with Crippen LogP contribution in [-0.2, 0) is 10.0 Å². The molecule has 1 rings (SSSR count). The molecule has 5 heteroatoms. The van der Waals surface area contributed by atoms with Gasteiger partial charge in [0.15, 0.2) is 0 Å². The zero-order chi connectivity index (χ0) is 9.90. The molecule has 1 aliphatic heterocycles. The van der Waals surface area contributed by atoms with Crippen molar-refractivity contribution in [3.8, 4) is 0 Å². The van der Waals surface area contributed by atoms with Crippen LogP contribution in [0.3, 0.4) is 0 Å². The van der Waals surface area contributed by atoms with Crippen molar-refractivity contribution in [2.45, 2.75) is 13.3 Å². The summed E-state index contributed by atoms with van der Waals surface area (Å²) in [6.07, 6.45) is 2.67. The average Bonchev–Trinajstić information content (AvgIpc) is 2.18. The van der Waals surface area contributed by atoms with Crippen LogP contribution < -0.4 is 0 Å². The molecule has 0 bridgehead atoms. The van der Waals surface area contributed by atoms with Crippen molar-refractivity contribution < 1.29 is 8.42 Å². The largest absolute Gasteiger partial charge is 0.214 e. The van der Waals surface area contributed by atoms with Gasteiger partial charge in [0, 0.05) is 19.0 Å². The second-order valence-corrected chi connectivity index (χ2v) is 5.53. The maximum Gasteiger partial charge on any atom is 0.214 e. The Morgan fingerprint density at radius 3 is 2.69 bits per heavy atom. The van der Waals surface area contributed by atoms with E-state index in [0.29, 0.717) is 19.0 Å². The van der Waals surface area contributed by atoms with Crippen LogP contribution in [0.5, 0.6) is 0 Å². The molecule has 76 valence electrons. The molecule has 0 saturated carbocycles. The first-order valence-electron chi connectivity index (χ1n) is 4.32. The predicted octanol–water partition coefficient (Wildman–Crippen LogP) is 1.21. The third-order valence-electron chi connectivity index (χ3n) is 2.20. The van der Waals surface area contributed by atoms with Crippen LogP contribution in [0, 0.1) is 0 Å². The van der Waals surface area contributed by atoms with Gasteiger partial charge in [-0.15, -0.1) is 11.6 Å². The van der Waals surface area contributed by atoms with Crippen molar-refractivity contribution in [3.63, 3.8) is 0 Å². The van der Waals surface area contributed by atoms with Gasteiger partial charge in [-0.2, -0.15) is 4.31 Å². The van der Waals surface area contributed by atoms with Gasteiger partial charge in [-0.1, -0.05) is 11.6 Å². The van der Waals surface area contributed by atoms with E-state index in [2.05, 4.69) is 0 Å². The Kier molecular flexibility index (Phi) is 3.76. The molecule has 0 N–H and O–H groups in total. The molecule has 0 aromatic carbocycles. The van der Waals surface area contributed by atoms with Gasteiger partial charge in [-0.25, -0.2) is 8.42 Å². The fourth-order valence-electron chi connectivity index (χ4n) is 1.25. The van der Waals surface area contributed by atoms with Gasteiger partial charge in [0.2, 0.25) is 10.0 Å². The Labute approximate surface area is 84.4 Å². The Morgan fingerprint density at radius 1 is 1.62 bits per heavy atom. The van der Waals surface area contributed by atoms with Crippen molar-refractivity contribution in [1.29, 1.82) is 0 Å². The molecular formula is C8H14ClNO2S. The Morgan fingerprint density at radius 2 is 2.31 bits per heavy atom. The molecule has 0 spiro atoms. The predicted molar refractivity (Wildman–Crippen MR) is 54.5 cm³/mol. The topological polar surface area (TPSA) is 37.4 Å². The molecule has 13 heavy (non-hydrogen) atoms. The number of halogens is 1. The van der Waals surface area contributed by atoms with Crippen molar-refractivity contribution >= 4 is 21.6 Å². The van der Waals surface area contributed by atoms with Gasteiger partial charge < -0.3 is 0 Å². The van der Waals surface area contributed by atoms with E-state index in [1.165, 1.54) is 4.31 Å². The summed E-state index contributed by atoms with van der Waals surface area (Å²) >= 11 is 5.64. The molecule has 0 aromatic heterocycles. The molecular weight excluding hydrogens is 210 g/mol. The Hall–Kier alpha value is -0.0600. The minimum absolute atomic E-state index is 0.178. The second kappa shape index (κ2) is 4.44. The summed E-state index contributed by atoms with van der Waals surface area (Å²) in [6.45, 7) is 2.73. The zero-order valence-electron chi connectivity index (χ0n) is 7.66. The Balaban J connectivity index is 2.66. The van der Waals surface area contributed by atoms with Crippen LogP contribution in [0.25, 0.3) is 0 Å². The lowest BCUT2D eigenvalue weighted by Crippen LogP contribution is -2.36. The monoisotopic (exact) mass is 223 g/mol. The molecule has 0 aliphatic carbocycles. The molecule has 0 radical (unpaired) electrons. The summed E-state index contributed by atoms with van der Waals surface area (Å²) in [5.74, 6) is 0.692. The summed E-state index contributed by atoms with van der Waals surface area (Å²) in [7, 11) is -3.01. The molecule has 0 fully saturated rings. The highest BCUT2D eigenvalue weighted by atomic mass is 35.5. The summed E-state index contributed by atoms with van der Waals surface area (Å²) in [5.41, 5.74) is 1.14. The standard InChI is InChI=1S/C8H14ClNO2S/c1-2-13(11,12)10-5-3-8(7-9)4-6-10/h3H,2,4-7H2,1H3. The van der Waals surface area contributed by atoms with E-state index < -0.39 is 10.0 Å². The zero-order valence-corrected chi connectivity index (χ0v) is 9.24.